The van der Waals surface area contributed by atoms with Crippen molar-refractivity contribution in [2.24, 2.45) is 7.05 Å². The van der Waals surface area contributed by atoms with E-state index < -0.39 is 5.60 Å². The van der Waals surface area contributed by atoms with Crippen molar-refractivity contribution < 1.29 is 9.53 Å². The van der Waals surface area contributed by atoms with Gasteiger partial charge in [0.05, 0.1) is 6.04 Å². The number of carbonyl (C=O) groups is 1. The predicted octanol–water partition coefficient (Wildman–Crippen LogP) is 2.62. The van der Waals surface area contributed by atoms with Gasteiger partial charge in [0.1, 0.15) is 11.4 Å². The fourth-order valence-corrected chi connectivity index (χ4v) is 2.51. The van der Waals surface area contributed by atoms with E-state index in [1.54, 1.807) is 4.68 Å². The lowest BCUT2D eigenvalue weighted by atomic mass is 10.0. The van der Waals surface area contributed by atoms with Crippen LogP contribution < -0.4 is 5.32 Å². The van der Waals surface area contributed by atoms with Crippen molar-refractivity contribution in [2.45, 2.75) is 51.7 Å². The molecule has 1 aromatic rings. The van der Waals surface area contributed by atoms with Crippen LogP contribution in [0, 0.1) is 0 Å². The molecule has 6 nitrogen and oxygen atoms in total. The van der Waals surface area contributed by atoms with E-state index in [0.29, 0.717) is 6.54 Å². The molecule has 1 unspecified atom stereocenters. The first kappa shape index (κ1) is 15.7. The van der Waals surface area contributed by atoms with Gasteiger partial charge in [-0.25, -0.2) is 4.79 Å². The Morgan fingerprint density at radius 1 is 1.48 bits per heavy atom. The Kier molecular flexibility index (Phi) is 4.75. The van der Waals surface area contributed by atoms with E-state index in [9.17, 15) is 4.79 Å². The zero-order chi connectivity index (χ0) is 15.5. The van der Waals surface area contributed by atoms with E-state index in [1.165, 1.54) is 0 Å². The molecule has 1 saturated heterocycles. The first-order valence-corrected chi connectivity index (χ1v) is 7.58. The lowest BCUT2D eigenvalue weighted by molar-refractivity contribution is 0.0114. The number of amides is 1. The van der Waals surface area contributed by atoms with Crippen molar-refractivity contribution in [1.29, 1.82) is 0 Å². The number of likely N-dealkylation sites (tertiary alicyclic amines) is 1. The monoisotopic (exact) mass is 294 g/mol. The number of piperidine rings is 1. The smallest absolute Gasteiger partial charge is 0.410 e. The van der Waals surface area contributed by atoms with Crippen molar-refractivity contribution in [1.82, 2.24) is 14.7 Å². The number of aromatic nitrogens is 2. The van der Waals surface area contributed by atoms with Gasteiger partial charge in [0.15, 0.2) is 0 Å². The zero-order valence-electron chi connectivity index (χ0n) is 13.4. The molecule has 2 heterocycles. The summed E-state index contributed by atoms with van der Waals surface area (Å²) in [6, 6.07) is 2.09. The lowest BCUT2D eigenvalue weighted by Gasteiger charge is -2.36. The number of ether oxygens (including phenoxy) is 1. The second-order valence-corrected chi connectivity index (χ2v) is 6.58. The van der Waals surface area contributed by atoms with Gasteiger partial charge in [-0.1, -0.05) is 0 Å². The van der Waals surface area contributed by atoms with Gasteiger partial charge >= 0.3 is 6.09 Å². The molecular formula is C15H26N4O2. The van der Waals surface area contributed by atoms with Crippen LogP contribution in [-0.4, -0.2) is 45.5 Å². The second kappa shape index (κ2) is 6.37. The average molecular weight is 294 g/mol. The van der Waals surface area contributed by atoms with Crippen LogP contribution in [0.15, 0.2) is 12.3 Å². The third-order valence-electron chi connectivity index (χ3n) is 3.49. The van der Waals surface area contributed by atoms with Gasteiger partial charge in [-0.3, -0.25) is 4.68 Å². The molecular weight excluding hydrogens is 268 g/mol. The molecule has 2 rings (SSSR count). The maximum Gasteiger partial charge on any atom is 0.410 e. The summed E-state index contributed by atoms with van der Waals surface area (Å²) in [5, 5.41) is 7.60. The highest BCUT2D eigenvalue weighted by molar-refractivity contribution is 5.68. The minimum Gasteiger partial charge on any atom is -0.444 e. The highest BCUT2D eigenvalue weighted by atomic mass is 16.6. The molecule has 0 saturated carbocycles. The lowest BCUT2D eigenvalue weighted by Crippen LogP contribution is -2.48. The standard InChI is InChI=1S/C15H26N4O2/c1-15(2,3)21-14(20)19-9-6-5-7-12(19)11-16-13-8-10-18(4)17-13/h8,10,12H,5-7,9,11H2,1-4H3,(H,16,17). The molecule has 1 atom stereocenters. The normalized spacial score (nSPS) is 19.4. The number of hydrogen-bond acceptors (Lipinski definition) is 4. The van der Waals surface area contributed by atoms with E-state index >= 15 is 0 Å². The molecule has 0 radical (unpaired) electrons. The molecule has 118 valence electrons. The van der Waals surface area contributed by atoms with Gasteiger partial charge in [-0.15, -0.1) is 0 Å². The molecule has 21 heavy (non-hydrogen) atoms. The molecule has 1 aliphatic heterocycles. The molecule has 1 aromatic heterocycles. The van der Waals surface area contributed by atoms with Gasteiger partial charge in [0, 0.05) is 32.4 Å². The molecule has 1 amide bonds. The minimum absolute atomic E-state index is 0.163. The predicted molar refractivity (Wildman–Crippen MR) is 82.3 cm³/mol. The number of aryl methyl sites for hydroxylation is 1. The summed E-state index contributed by atoms with van der Waals surface area (Å²) in [4.78, 5) is 14.1. The van der Waals surface area contributed by atoms with Gasteiger partial charge < -0.3 is 15.0 Å². The van der Waals surface area contributed by atoms with E-state index in [-0.39, 0.29) is 12.1 Å². The van der Waals surface area contributed by atoms with Crippen LogP contribution in [0.1, 0.15) is 40.0 Å². The van der Waals surface area contributed by atoms with Gasteiger partial charge in [0.2, 0.25) is 0 Å². The summed E-state index contributed by atoms with van der Waals surface area (Å²) in [6.07, 6.45) is 4.87. The first-order valence-electron chi connectivity index (χ1n) is 7.58. The van der Waals surface area contributed by atoms with E-state index in [4.69, 9.17) is 4.74 Å². The molecule has 0 bridgehead atoms. The fourth-order valence-electron chi connectivity index (χ4n) is 2.51. The second-order valence-electron chi connectivity index (χ2n) is 6.58. The number of carbonyl (C=O) groups excluding carboxylic acids is 1. The number of anilines is 1. The Morgan fingerprint density at radius 2 is 2.24 bits per heavy atom. The van der Waals surface area contributed by atoms with Crippen molar-refractivity contribution >= 4 is 11.9 Å². The topological polar surface area (TPSA) is 59.4 Å². The van der Waals surface area contributed by atoms with Crippen molar-refractivity contribution in [3.05, 3.63) is 12.3 Å². The Labute approximate surface area is 126 Å². The summed E-state index contributed by atoms with van der Waals surface area (Å²) < 4.78 is 7.26. The Morgan fingerprint density at radius 3 is 2.86 bits per heavy atom. The number of hydrogen-bond donors (Lipinski definition) is 1. The highest BCUT2D eigenvalue weighted by Crippen LogP contribution is 2.20. The quantitative estimate of drug-likeness (QED) is 0.931. The highest BCUT2D eigenvalue weighted by Gasteiger charge is 2.30. The molecule has 0 spiro atoms. The molecule has 1 aliphatic rings. The van der Waals surface area contributed by atoms with E-state index in [1.807, 2.05) is 45.0 Å². The Hall–Kier alpha value is -1.72. The minimum atomic E-state index is -0.451. The van der Waals surface area contributed by atoms with Gasteiger partial charge in [-0.2, -0.15) is 5.10 Å². The number of nitrogens with one attached hydrogen (secondary N) is 1. The zero-order valence-corrected chi connectivity index (χ0v) is 13.4. The average Bonchev–Trinajstić information content (AvgIpc) is 2.80. The summed E-state index contributed by atoms with van der Waals surface area (Å²) in [5.74, 6) is 0.840. The summed E-state index contributed by atoms with van der Waals surface area (Å²) >= 11 is 0. The van der Waals surface area contributed by atoms with Crippen LogP contribution in [0.3, 0.4) is 0 Å². The van der Waals surface area contributed by atoms with E-state index in [2.05, 4.69) is 10.4 Å². The van der Waals surface area contributed by atoms with Crippen molar-refractivity contribution in [2.75, 3.05) is 18.4 Å². The van der Waals surface area contributed by atoms with Crippen LogP contribution in [0.2, 0.25) is 0 Å². The third-order valence-corrected chi connectivity index (χ3v) is 3.49. The van der Waals surface area contributed by atoms with Gasteiger partial charge in [-0.05, 0) is 40.0 Å². The third kappa shape index (κ3) is 4.65. The van der Waals surface area contributed by atoms with Crippen LogP contribution in [0.25, 0.3) is 0 Å². The maximum atomic E-state index is 12.3. The van der Waals surface area contributed by atoms with Crippen molar-refractivity contribution in [3.8, 4) is 0 Å². The summed E-state index contributed by atoms with van der Waals surface area (Å²) in [7, 11) is 1.89. The largest absolute Gasteiger partial charge is 0.444 e. The van der Waals surface area contributed by atoms with Crippen LogP contribution in [0.4, 0.5) is 10.6 Å². The Bertz CT molecular complexity index is 478. The fraction of sp³-hybridized carbons (Fsp3) is 0.733. The molecule has 6 heteroatoms. The van der Waals surface area contributed by atoms with Crippen LogP contribution >= 0.6 is 0 Å². The Balaban J connectivity index is 1.93. The number of nitrogens with zero attached hydrogens (tertiary/aromatic N) is 3. The summed E-state index contributed by atoms with van der Waals surface area (Å²) in [6.45, 7) is 7.17. The SMILES string of the molecule is Cn1ccc(NCC2CCCCN2C(=O)OC(C)(C)C)n1. The number of rotatable bonds is 3. The van der Waals surface area contributed by atoms with Crippen LogP contribution in [0.5, 0.6) is 0 Å². The molecule has 1 N–H and O–H groups in total. The maximum absolute atomic E-state index is 12.3. The van der Waals surface area contributed by atoms with E-state index in [0.717, 1.165) is 31.6 Å². The van der Waals surface area contributed by atoms with Crippen molar-refractivity contribution in [3.63, 3.8) is 0 Å². The van der Waals surface area contributed by atoms with Crippen LogP contribution in [-0.2, 0) is 11.8 Å². The van der Waals surface area contributed by atoms with Gasteiger partial charge in [0.25, 0.3) is 0 Å². The molecule has 0 aromatic carbocycles. The first-order chi connectivity index (χ1) is 9.85. The summed E-state index contributed by atoms with van der Waals surface area (Å²) in [5.41, 5.74) is -0.451. The molecule has 0 aliphatic carbocycles. The molecule has 1 fully saturated rings.